The SMILES string of the molecule is COc1ccc(F)c(-c2ccc(O)cc2CCC#N)c1. The number of aromatic hydroxyl groups is 1. The lowest BCUT2D eigenvalue weighted by Gasteiger charge is -2.11. The molecule has 2 rings (SSSR count). The van der Waals surface area contributed by atoms with Gasteiger partial charge < -0.3 is 9.84 Å². The highest BCUT2D eigenvalue weighted by atomic mass is 19.1. The summed E-state index contributed by atoms with van der Waals surface area (Å²) in [7, 11) is 1.52. The monoisotopic (exact) mass is 271 g/mol. The molecule has 2 aromatic rings. The Morgan fingerprint density at radius 2 is 2.00 bits per heavy atom. The summed E-state index contributed by atoms with van der Waals surface area (Å²) in [5.74, 6) is 0.292. The summed E-state index contributed by atoms with van der Waals surface area (Å²) in [4.78, 5) is 0. The van der Waals surface area contributed by atoms with Crippen LogP contribution in [-0.4, -0.2) is 12.2 Å². The first-order valence-corrected chi connectivity index (χ1v) is 6.18. The smallest absolute Gasteiger partial charge is 0.131 e. The number of hydrogen-bond donors (Lipinski definition) is 1. The predicted molar refractivity (Wildman–Crippen MR) is 74.0 cm³/mol. The van der Waals surface area contributed by atoms with Gasteiger partial charge in [-0.05, 0) is 47.9 Å². The molecule has 0 spiro atoms. The molecule has 0 bridgehead atoms. The highest BCUT2D eigenvalue weighted by Gasteiger charge is 2.12. The third-order valence-electron chi connectivity index (χ3n) is 3.06. The van der Waals surface area contributed by atoms with Gasteiger partial charge in [-0.15, -0.1) is 0 Å². The number of phenolic OH excluding ortho intramolecular Hbond substituents is 1. The Kier molecular flexibility index (Phi) is 4.21. The maximum atomic E-state index is 14.0. The highest BCUT2D eigenvalue weighted by Crippen LogP contribution is 2.32. The summed E-state index contributed by atoms with van der Waals surface area (Å²) >= 11 is 0. The number of nitrogens with zero attached hydrogens (tertiary/aromatic N) is 1. The Bertz CT molecular complexity index is 662. The predicted octanol–water partition coefficient (Wildman–Crippen LogP) is 3.66. The fourth-order valence-corrected chi connectivity index (χ4v) is 2.08. The molecule has 0 aliphatic carbocycles. The van der Waals surface area contributed by atoms with E-state index in [-0.39, 0.29) is 11.6 Å². The average Bonchev–Trinajstić information content (AvgIpc) is 2.46. The van der Waals surface area contributed by atoms with Crippen LogP contribution in [0.1, 0.15) is 12.0 Å². The number of hydrogen-bond acceptors (Lipinski definition) is 3. The summed E-state index contributed by atoms with van der Waals surface area (Å²) in [6.45, 7) is 0. The Morgan fingerprint density at radius 1 is 1.20 bits per heavy atom. The average molecular weight is 271 g/mol. The van der Waals surface area contributed by atoms with Crippen molar-refractivity contribution in [2.24, 2.45) is 0 Å². The van der Waals surface area contributed by atoms with Gasteiger partial charge in [0.05, 0.1) is 13.2 Å². The zero-order valence-electron chi connectivity index (χ0n) is 11.1. The number of methoxy groups -OCH3 is 1. The highest BCUT2D eigenvalue weighted by molar-refractivity contribution is 5.70. The summed E-state index contributed by atoms with van der Waals surface area (Å²) in [6, 6.07) is 11.3. The molecule has 0 aliphatic heterocycles. The fraction of sp³-hybridized carbons (Fsp3) is 0.188. The summed E-state index contributed by atoms with van der Waals surface area (Å²) < 4.78 is 19.1. The maximum Gasteiger partial charge on any atom is 0.131 e. The number of nitriles is 1. The minimum atomic E-state index is -0.366. The fourth-order valence-electron chi connectivity index (χ4n) is 2.08. The van der Waals surface area contributed by atoms with E-state index in [1.807, 2.05) is 0 Å². The van der Waals surface area contributed by atoms with Crippen LogP contribution in [0.4, 0.5) is 4.39 Å². The topological polar surface area (TPSA) is 53.2 Å². The zero-order chi connectivity index (χ0) is 14.5. The molecule has 20 heavy (non-hydrogen) atoms. The number of halogens is 1. The standard InChI is InChI=1S/C16H14FNO2/c1-20-13-5-7-16(17)15(10-13)14-6-4-12(19)9-11(14)3-2-8-18/h4-7,9-10,19H,2-3H2,1H3. The molecule has 0 atom stereocenters. The largest absolute Gasteiger partial charge is 0.508 e. The second-order valence-electron chi connectivity index (χ2n) is 4.35. The van der Waals surface area contributed by atoms with Crippen LogP contribution in [0.15, 0.2) is 36.4 Å². The van der Waals surface area contributed by atoms with E-state index in [1.165, 1.54) is 19.2 Å². The van der Waals surface area contributed by atoms with E-state index in [9.17, 15) is 9.50 Å². The van der Waals surface area contributed by atoms with E-state index in [0.717, 1.165) is 5.56 Å². The van der Waals surface area contributed by atoms with Crippen LogP contribution >= 0.6 is 0 Å². The van der Waals surface area contributed by atoms with Crippen molar-refractivity contribution < 1.29 is 14.2 Å². The molecule has 3 nitrogen and oxygen atoms in total. The lowest BCUT2D eigenvalue weighted by atomic mass is 9.96. The summed E-state index contributed by atoms with van der Waals surface area (Å²) in [5.41, 5.74) is 1.80. The normalized spacial score (nSPS) is 10.1. The van der Waals surface area contributed by atoms with Gasteiger partial charge in [0.15, 0.2) is 0 Å². The Hall–Kier alpha value is -2.54. The minimum absolute atomic E-state index is 0.102. The Labute approximate surface area is 116 Å². The number of ether oxygens (including phenoxy) is 1. The first-order chi connectivity index (χ1) is 9.65. The number of benzene rings is 2. The van der Waals surface area contributed by atoms with Gasteiger partial charge in [-0.3, -0.25) is 0 Å². The zero-order valence-corrected chi connectivity index (χ0v) is 11.1. The molecule has 0 heterocycles. The quantitative estimate of drug-likeness (QED) is 0.923. The van der Waals surface area contributed by atoms with Crippen molar-refractivity contribution in [3.63, 3.8) is 0 Å². The van der Waals surface area contributed by atoms with Gasteiger partial charge in [-0.25, -0.2) is 4.39 Å². The number of phenols is 1. The van der Waals surface area contributed by atoms with Crippen LogP contribution in [-0.2, 0) is 6.42 Å². The summed E-state index contributed by atoms with van der Waals surface area (Å²) in [5, 5.41) is 18.2. The van der Waals surface area contributed by atoms with Gasteiger partial charge in [0.2, 0.25) is 0 Å². The van der Waals surface area contributed by atoms with Crippen molar-refractivity contribution >= 4 is 0 Å². The first-order valence-electron chi connectivity index (χ1n) is 6.18. The van der Waals surface area contributed by atoms with Crippen molar-refractivity contribution in [1.29, 1.82) is 5.26 Å². The van der Waals surface area contributed by atoms with Crippen LogP contribution in [0, 0.1) is 17.1 Å². The van der Waals surface area contributed by atoms with Gasteiger partial charge in [0, 0.05) is 12.0 Å². The van der Waals surface area contributed by atoms with Gasteiger partial charge in [-0.1, -0.05) is 6.07 Å². The maximum absolute atomic E-state index is 14.0. The minimum Gasteiger partial charge on any atom is -0.508 e. The first kappa shape index (κ1) is 13.9. The van der Waals surface area contributed by atoms with Crippen molar-refractivity contribution in [1.82, 2.24) is 0 Å². The molecule has 102 valence electrons. The molecule has 0 amide bonds. The van der Waals surface area contributed by atoms with E-state index in [4.69, 9.17) is 10.00 Å². The second-order valence-corrected chi connectivity index (χ2v) is 4.35. The third-order valence-corrected chi connectivity index (χ3v) is 3.06. The third kappa shape index (κ3) is 2.89. The van der Waals surface area contributed by atoms with Gasteiger partial charge in [0.25, 0.3) is 0 Å². The van der Waals surface area contributed by atoms with Crippen molar-refractivity contribution in [2.75, 3.05) is 7.11 Å². The van der Waals surface area contributed by atoms with Crippen molar-refractivity contribution in [3.05, 3.63) is 47.8 Å². The van der Waals surface area contributed by atoms with Crippen LogP contribution < -0.4 is 4.74 Å². The van der Waals surface area contributed by atoms with Crippen LogP contribution in [0.3, 0.4) is 0 Å². The molecule has 0 saturated heterocycles. The number of rotatable bonds is 4. The van der Waals surface area contributed by atoms with E-state index in [1.54, 1.807) is 24.3 Å². The van der Waals surface area contributed by atoms with Crippen LogP contribution in [0.2, 0.25) is 0 Å². The van der Waals surface area contributed by atoms with Crippen LogP contribution in [0.25, 0.3) is 11.1 Å². The lowest BCUT2D eigenvalue weighted by molar-refractivity contribution is 0.414. The lowest BCUT2D eigenvalue weighted by Crippen LogP contribution is -1.94. The van der Waals surface area contributed by atoms with Crippen molar-refractivity contribution in [3.8, 4) is 28.7 Å². The number of aryl methyl sites for hydroxylation is 1. The van der Waals surface area contributed by atoms with Gasteiger partial charge >= 0.3 is 0 Å². The molecule has 2 aromatic carbocycles. The summed E-state index contributed by atoms with van der Waals surface area (Å²) in [6.07, 6.45) is 0.763. The van der Waals surface area contributed by atoms with Crippen LogP contribution in [0.5, 0.6) is 11.5 Å². The van der Waals surface area contributed by atoms with E-state index >= 15 is 0 Å². The Morgan fingerprint density at radius 3 is 2.70 bits per heavy atom. The Balaban J connectivity index is 2.54. The molecule has 0 unspecified atom stereocenters. The van der Waals surface area contributed by atoms with Crippen molar-refractivity contribution in [2.45, 2.75) is 12.8 Å². The molecule has 0 aliphatic rings. The molecule has 0 fully saturated rings. The second kappa shape index (κ2) is 6.07. The van der Waals surface area contributed by atoms with E-state index in [2.05, 4.69) is 6.07 Å². The van der Waals surface area contributed by atoms with E-state index < -0.39 is 0 Å². The van der Waals surface area contributed by atoms with E-state index in [0.29, 0.717) is 29.7 Å². The molecule has 0 aromatic heterocycles. The molecular formula is C16H14FNO2. The molecular weight excluding hydrogens is 257 g/mol. The molecule has 1 N–H and O–H groups in total. The molecule has 4 heteroatoms. The molecule has 0 radical (unpaired) electrons. The van der Waals surface area contributed by atoms with Gasteiger partial charge in [-0.2, -0.15) is 5.26 Å². The van der Waals surface area contributed by atoms with Gasteiger partial charge in [0.1, 0.15) is 17.3 Å². The molecule has 0 saturated carbocycles.